The van der Waals surface area contributed by atoms with Crippen molar-refractivity contribution in [3.63, 3.8) is 0 Å². The summed E-state index contributed by atoms with van der Waals surface area (Å²) in [4.78, 5) is 29.5. The number of hydrogen-bond donors (Lipinski definition) is 0. The molecule has 10 heteroatoms. The second kappa shape index (κ2) is 10.3. The largest absolute Gasteiger partial charge is 0.496 e. The van der Waals surface area contributed by atoms with Gasteiger partial charge in [-0.2, -0.15) is 13.2 Å². The maximum atomic E-state index is 13.3. The number of benzene rings is 1. The highest BCUT2D eigenvalue weighted by Gasteiger charge is 2.45. The zero-order valence-corrected chi connectivity index (χ0v) is 20.9. The molecule has 3 heterocycles. The first-order valence-electron chi connectivity index (χ1n) is 12.1. The third kappa shape index (κ3) is 5.15. The van der Waals surface area contributed by atoms with Crippen LogP contribution in [-0.4, -0.2) is 72.6 Å². The Morgan fingerprint density at radius 1 is 1.06 bits per heavy atom. The normalized spacial score (nSPS) is 17.8. The number of Topliss-reactive ketones (excluding diaryl/α,β-unsaturated/α-hetero) is 1. The molecule has 0 radical (unpaired) electrons. The summed E-state index contributed by atoms with van der Waals surface area (Å²) in [6, 6.07) is 8.89. The van der Waals surface area contributed by atoms with Gasteiger partial charge < -0.3 is 18.9 Å². The van der Waals surface area contributed by atoms with Gasteiger partial charge >= 0.3 is 6.18 Å². The molecule has 7 nitrogen and oxygen atoms in total. The van der Waals surface area contributed by atoms with E-state index < -0.39 is 19.2 Å². The van der Waals surface area contributed by atoms with E-state index in [0.29, 0.717) is 30.0 Å². The van der Waals surface area contributed by atoms with E-state index in [4.69, 9.17) is 9.47 Å². The van der Waals surface area contributed by atoms with Gasteiger partial charge in [0.2, 0.25) is 0 Å². The number of methoxy groups -OCH3 is 1. The fourth-order valence-electron chi connectivity index (χ4n) is 5.35. The lowest BCUT2D eigenvalue weighted by molar-refractivity contribution is -0.146. The Bertz CT molecular complexity index is 1120. The fraction of sp³-hybridized carbons (Fsp3) is 0.538. The van der Waals surface area contributed by atoms with Gasteiger partial charge in [-0.25, -0.2) is 0 Å². The molecule has 0 unspecified atom stereocenters. The van der Waals surface area contributed by atoms with Gasteiger partial charge in [0.15, 0.2) is 5.78 Å². The molecule has 1 aromatic heterocycles. The van der Waals surface area contributed by atoms with E-state index in [2.05, 4.69) is 16.5 Å². The molecule has 2 aliphatic rings. The Labute approximate surface area is 208 Å². The predicted molar refractivity (Wildman–Crippen MR) is 127 cm³/mol. The number of ketones is 1. The highest BCUT2D eigenvalue weighted by atomic mass is 19.4. The number of fused-ring (bicyclic) bond motifs is 2. The monoisotopic (exact) mass is 507 g/mol. The minimum absolute atomic E-state index is 0.0335. The van der Waals surface area contributed by atoms with Gasteiger partial charge in [0, 0.05) is 49.9 Å². The number of nitrogens with zero attached hydrogens (tertiary/aromatic N) is 3. The molecular weight excluding hydrogens is 475 g/mol. The van der Waals surface area contributed by atoms with Crippen LogP contribution in [0.1, 0.15) is 58.3 Å². The van der Waals surface area contributed by atoms with Gasteiger partial charge in [0.05, 0.1) is 38.0 Å². The van der Waals surface area contributed by atoms with Crippen LogP contribution < -0.4 is 4.74 Å². The van der Waals surface area contributed by atoms with Gasteiger partial charge in [-0.15, -0.1) is 0 Å². The molecule has 1 amide bonds. The van der Waals surface area contributed by atoms with E-state index in [0.717, 1.165) is 37.3 Å². The van der Waals surface area contributed by atoms with Crippen molar-refractivity contribution in [1.82, 2.24) is 14.4 Å². The number of likely N-dealkylation sites (N-methyl/N-ethyl adjacent to an activating group) is 1. The van der Waals surface area contributed by atoms with Crippen LogP contribution in [0.5, 0.6) is 5.75 Å². The average molecular weight is 508 g/mol. The number of aromatic nitrogens is 1. The lowest BCUT2D eigenvalue weighted by Gasteiger charge is -2.50. The van der Waals surface area contributed by atoms with E-state index in [1.165, 1.54) is 7.11 Å². The molecule has 2 aromatic rings. The Morgan fingerprint density at radius 3 is 2.42 bits per heavy atom. The molecule has 0 N–H and O–H groups in total. The summed E-state index contributed by atoms with van der Waals surface area (Å²) in [7, 11) is 3.55. The predicted octanol–water partition coefficient (Wildman–Crippen LogP) is 4.25. The first-order valence-corrected chi connectivity index (χ1v) is 12.1. The molecule has 0 atom stereocenters. The van der Waals surface area contributed by atoms with Crippen molar-refractivity contribution >= 4 is 11.7 Å². The summed E-state index contributed by atoms with van der Waals surface area (Å²) in [6.45, 7) is 3.85. The van der Waals surface area contributed by atoms with Crippen molar-refractivity contribution in [2.24, 2.45) is 0 Å². The Hall–Kier alpha value is -2.85. The summed E-state index contributed by atoms with van der Waals surface area (Å²) in [5.41, 5.74) is 2.68. The van der Waals surface area contributed by atoms with Crippen molar-refractivity contribution < 1.29 is 32.2 Å². The van der Waals surface area contributed by atoms with E-state index in [1.54, 1.807) is 25.1 Å². The summed E-state index contributed by atoms with van der Waals surface area (Å²) in [6.07, 6.45) is -3.78. The zero-order chi connectivity index (χ0) is 26.1. The minimum Gasteiger partial charge on any atom is -0.496 e. The van der Waals surface area contributed by atoms with Crippen molar-refractivity contribution in [1.29, 1.82) is 0 Å². The van der Waals surface area contributed by atoms with Crippen LogP contribution in [0.15, 0.2) is 30.3 Å². The number of likely N-dealkylation sites (tertiary alicyclic amines) is 1. The summed E-state index contributed by atoms with van der Waals surface area (Å²) < 4.78 is 49.6. The lowest BCUT2D eigenvalue weighted by Crippen LogP contribution is -2.56. The standard InChI is InChI=1S/C26H32F3N3O4/c1-18(33)21-6-7-23-25(30(2)13-14-32(21)23)8-11-31(12-9-25)24(34)19-4-5-20(22(16-19)35-3)17-36-15-10-26(27,28)29/h4-7,16H,8-15,17H2,1-3H3. The van der Waals surface area contributed by atoms with Gasteiger partial charge in [-0.05, 0) is 44.2 Å². The van der Waals surface area contributed by atoms with Gasteiger partial charge in [-0.3, -0.25) is 14.5 Å². The zero-order valence-electron chi connectivity index (χ0n) is 20.9. The molecule has 1 saturated heterocycles. The molecule has 196 valence electrons. The fourth-order valence-corrected chi connectivity index (χ4v) is 5.35. The topological polar surface area (TPSA) is 64.0 Å². The number of amides is 1. The van der Waals surface area contributed by atoms with Gasteiger partial charge in [0.25, 0.3) is 5.91 Å². The molecule has 36 heavy (non-hydrogen) atoms. The van der Waals surface area contributed by atoms with Crippen LogP contribution >= 0.6 is 0 Å². The maximum absolute atomic E-state index is 13.3. The maximum Gasteiger partial charge on any atom is 0.391 e. The number of halogens is 3. The van der Waals surface area contributed by atoms with E-state index in [9.17, 15) is 22.8 Å². The van der Waals surface area contributed by atoms with Gasteiger partial charge in [0.1, 0.15) is 5.75 Å². The molecular formula is C26H32F3N3O4. The number of rotatable bonds is 7. The summed E-state index contributed by atoms with van der Waals surface area (Å²) in [5.74, 6) is 0.339. The summed E-state index contributed by atoms with van der Waals surface area (Å²) in [5, 5.41) is 0. The molecule has 1 spiro atoms. The van der Waals surface area contributed by atoms with E-state index >= 15 is 0 Å². The van der Waals surface area contributed by atoms with Gasteiger partial charge in [-0.1, -0.05) is 6.07 Å². The first-order chi connectivity index (χ1) is 17.1. The number of hydrogen-bond acceptors (Lipinski definition) is 5. The third-order valence-electron chi connectivity index (χ3n) is 7.41. The molecule has 0 bridgehead atoms. The van der Waals surface area contributed by atoms with Crippen molar-refractivity contribution in [3.05, 3.63) is 52.8 Å². The van der Waals surface area contributed by atoms with E-state index in [1.807, 2.05) is 17.0 Å². The van der Waals surface area contributed by atoms with Crippen molar-refractivity contribution in [3.8, 4) is 5.75 Å². The summed E-state index contributed by atoms with van der Waals surface area (Å²) >= 11 is 0. The Balaban J connectivity index is 1.43. The van der Waals surface area contributed by atoms with Crippen LogP contribution in [0.3, 0.4) is 0 Å². The number of carbonyl (C=O) groups excluding carboxylic acids is 2. The van der Waals surface area contributed by atoms with Crippen LogP contribution in [0.25, 0.3) is 0 Å². The lowest BCUT2D eigenvalue weighted by atomic mass is 9.81. The number of piperidine rings is 1. The highest BCUT2D eigenvalue weighted by Crippen LogP contribution is 2.41. The third-order valence-corrected chi connectivity index (χ3v) is 7.41. The first kappa shape index (κ1) is 26.2. The quantitative estimate of drug-likeness (QED) is 0.414. The SMILES string of the molecule is COc1cc(C(=O)N2CCC3(CC2)c2ccc(C(C)=O)n2CCN3C)ccc1COCCC(F)(F)F. The van der Waals surface area contributed by atoms with E-state index in [-0.39, 0.29) is 23.8 Å². The van der Waals surface area contributed by atoms with Crippen LogP contribution in [-0.2, 0) is 23.4 Å². The molecule has 0 saturated carbocycles. The molecule has 0 aliphatic carbocycles. The van der Waals surface area contributed by atoms with Crippen LogP contribution in [0, 0.1) is 0 Å². The average Bonchev–Trinajstić information content (AvgIpc) is 3.29. The molecule has 2 aliphatic heterocycles. The minimum atomic E-state index is -4.27. The molecule has 4 rings (SSSR count). The number of ether oxygens (including phenoxy) is 2. The Kier molecular flexibility index (Phi) is 7.47. The number of alkyl halides is 3. The smallest absolute Gasteiger partial charge is 0.391 e. The molecule has 1 aromatic carbocycles. The van der Waals surface area contributed by atoms with Crippen molar-refractivity contribution in [2.75, 3.05) is 40.4 Å². The van der Waals surface area contributed by atoms with Crippen LogP contribution in [0.4, 0.5) is 13.2 Å². The van der Waals surface area contributed by atoms with Crippen molar-refractivity contribution in [2.45, 2.75) is 51.1 Å². The molecule has 1 fully saturated rings. The number of carbonyl (C=O) groups is 2. The van der Waals surface area contributed by atoms with Crippen LogP contribution in [0.2, 0.25) is 0 Å². The Morgan fingerprint density at radius 2 is 1.78 bits per heavy atom. The second-order valence-corrected chi connectivity index (χ2v) is 9.50. The second-order valence-electron chi connectivity index (χ2n) is 9.50. The highest BCUT2D eigenvalue weighted by molar-refractivity contribution is 5.95.